The van der Waals surface area contributed by atoms with Crippen LogP contribution < -0.4 is 5.32 Å². The maximum absolute atomic E-state index is 10.6. The van der Waals surface area contributed by atoms with Gasteiger partial charge in [0, 0.05) is 12.1 Å². The van der Waals surface area contributed by atoms with Crippen LogP contribution in [-0.4, -0.2) is 15.1 Å². The van der Waals surface area contributed by atoms with Gasteiger partial charge in [0.1, 0.15) is 11.9 Å². The Morgan fingerprint density at radius 3 is 2.95 bits per heavy atom. The first-order chi connectivity index (χ1) is 9.10. The Bertz CT molecular complexity index is 659. The molecule has 0 unspecified atom stereocenters. The van der Waals surface area contributed by atoms with Gasteiger partial charge in [0.15, 0.2) is 5.76 Å². The monoisotopic (exact) mass is 259 g/mol. The van der Waals surface area contributed by atoms with Crippen LogP contribution in [0.2, 0.25) is 0 Å². The van der Waals surface area contributed by atoms with Crippen molar-refractivity contribution in [1.82, 2.24) is 10.1 Å². The number of nitrogens with one attached hydrogen (secondary N) is 1. The summed E-state index contributed by atoms with van der Waals surface area (Å²) in [5.74, 6) is 0.965. The lowest BCUT2D eigenvalue weighted by Gasteiger charge is -2.03. The molecule has 96 valence electrons. The highest BCUT2D eigenvalue weighted by molar-refractivity contribution is 5.50. The molecule has 0 saturated heterocycles. The lowest BCUT2D eigenvalue weighted by Crippen LogP contribution is -2.03. The molecule has 0 atom stereocenters. The summed E-state index contributed by atoms with van der Waals surface area (Å²) in [5.41, 5.74) is 0.207. The molecule has 0 aliphatic heterocycles. The van der Waals surface area contributed by atoms with Crippen LogP contribution in [0, 0.1) is 28.4 Å². The molecule has 8 nitrogen and oxygen atoms in total. The van der Waals surface area contributed by atoms with Gasteiger partial charge in [-0.3, -0.25) is 10.1 Å². The van der Waals surface area contributed by atoms with Crippen molar-refractivity contribution in [3.8, 4) is 6.07 Å². The minimum atomic E-state index is -0.644. The second-order valence-electron chi connectivity index (χ2n) is 3.72. The van der Waals surface area contributed by atoms with E-state index in [1.165, 1.54) is 12.1 Å². The molecule has 0 bridgehead atoms. The second kappa shape index (κ2) is 5.14. The number of nitrogens with zero attached hydrogens (tertiary/aromatic N) is 4. The summed E-state index contributed by atoms with van der Waals surface area (Å²) in [5, 5.41) is 26.1. The zero-order valence-electron chi connectivity index (χ0n) is 9.95. The Morgan fingerprint density at radius 1 is 1.58 bits per heavy atom. The molecule has 0 aliphatic rings. The Balaban J connectivity index is 2.14. The van der Waals surface area contributed by atoms with Gasteiger partial charge in [-0.1, -0.05) is 5.16 Å². The number of anilines is 1. The third kappa shape index (κ3) is 2.84. The molecule has 2 aromatic rings. The van der Waals surface area contributed by atoms with Gasteiger partial charge in [0.2, 0.25) is 5.69 Å². The molecule has 2 heterocycles. The van der Waals surface area contributed by atoms with Gasteiger partial charge < -0.3 is 9.84 Å². The van der Waals surface area contributed by atoms with E-state index >= 15 is 0 Å². The molecule has 19 heavy (non-hydrogen) atoms. The van der Waals surface area contributed by atoms with Crippen molar-refractivity contribution >= 4 is 11.5 Å². The van der Waals surface area contributed by atoms with E-state index < -0.39 is 4.92 Å². The average molecular weight is 259 g/mol. The van der Waals surface area contributed by atoms with Gasteiger partial charge in [0.25, 0.3) is 0 Å². The van der Waals surface area contributed by atoms with Gasteiger partial charge in [-0.2, -0.15) is 5.26 Å². The summed E-state index contributed by atoms with van der Waals surface area (Å²) < 4.78 is 4.99. The van der Waals surface area contributed by atoms with Crippen LogP contribution in [-0.2, 0) is 6.54 Å². The van der Waals surface area contributed by atoms with Crippen molar-refractivity contribution in [2.24, 2.45) is 0 Å². The first kappa shape index (κ1) is 12.5. The molecule has 0 aliphatic carbocycles. The van der Waals surface area contributed by atoms with Gasteiger partial charge in [0.05, 0.1) is 17.2 Å². The molecule has 2 aromatic heterocycles. The maximum Gasteiger partial charge on any atom is 0.305 e. The molecular weight excluding hydrogens is 250 g/mol. The highest BCUT2D eigenvalue weighted by atomic mass is 16.6. The second-order valence-corrected chi connectivity index (χ2v) is 3.72. The minimum absolute atomic E-state index is 0.233. The van der Waals surface area contributed by atoms with Crippen molar-refractivity contribution in [3.63, 3.8) is 0 Å². The first-order valence-electron chi connectivity index (χ1n) is 5.32. The lowest BCUT2D eigenvalue weighted by atomic mass is 10.3. The largest absolute Gasteiger partial charge is 0.363 e. The fraction of sp³-hybridized carbons (Fsp3) is 0.182. The summed E-state index contributed by atoms with van der Waals surface area (Å²) in [4.78, 5) is 13.9. The Morgan fingerprint density at radius 2 is 2.37 bits per heavy atom. The van der Waals surface area contributed by atoms with Crippen molar-refractivity contribution in [2.75, 3.05) is 5.32 Å². The third-order valence-corrected chi connectivity index (χ3v) is 2.30. The van der Waals surface area contributed by atoms with Crippen LogP contribution in [0.15, 0.2) is 22.7 Å². The topological polar surface area (TPSA) is 118 Å². The van der Waals surface area contributed by atoms with Gasteiger partial charge in [-0.05, 0) is 13.0 Å². The van der Waals surface area contributed by atoms with E-state index in [1.54, 1.807) is 19.1 Å². The van der Waals surface area contributed by atoms with Crippen molar-refractivity contribution in [3.05, 3.63) is 45.5 Å². The number of nitriles is 1. The van der Waals surface area contributed by atoms with E-state index in [4.69, 9.17) is 9.78 Å². The summed E-state index contributed by atoms with van der Waals surface area (Å²) in [6, 6.07) is 6.11. The van der Waals surface area contributed by atoms with Crippen molar-refractivity contribution in [1.29, 1.82) is 5.26 Å². The molecule has 0 aromatic carbocycles. The lowest BCUT2D eigenvalue weighted by molar-refractivity contribution is -0.385. The van der Waals surface area contributed by atoms with Crippen LogP contribution in [0.3, 0.4) is 0 Å². The summed E-state index contributed by atoms with van der Waals surface area (Å²) in [6.07, 6.45) is 0. The van der Waals surface area contributed by atoms with E-state index in [1.807, 2.05) is 0 Å². The molecule has 0 amide bonds. The fourth-order valence-electron chi connectivity index (χ4n) is 1.46. The zero-order chi connectivity index (χ0) is 13.8. The molecule has 8 heteroatoms. The number of nitro groups is 1. The Labute approximate surface area is 107 Å². The number of rotatable bonds is 4. The number of hydrogen-bond acceptors (Lipinski definition) is 7. The van der Waals surface area contributed by atoms with Crippen LogP contribution in [0.1, 0.15) is 17.1 Å². The fourth-order valence-corrected chi connectivity index (χ4v) is 1.46. The molecule has 2 rings (SSSR count). The van der Waals surface area contributed by atoms with Crippen molar-refractivity contribution < 1.29 is 9.45 Å². The standard InChI is InChI=1S/C11H9N5O3/c1-7-4-8(19-15-7)6-13-11-3-2-10(16(17)18)9(5-12)14-11/h2-4H,6H2,1H3,(H,13,14). The smallest absolute Gasteiger partial charge is 0.305 e. The number of aromatic nitrogens is 2. The number of hydrogen-bond donors (Lipinski definition) is 1. The molecule has 0 spiro atoms. The van der Waals surface area contributed by atoms with Gasteiger partial charge >= 0.3 is 5.69 Å². The number of pyridine rings is 1. The third-order valence-electron chi connectivity index (χ3n) is 2.30. The van der Waals surface area contributed by atoms with E-state index in [-0.39, 0.29) is 11.4 Å². The molecule has 1 N–H and O–H groups in total. The van der Waals surface area contributed by atoms with E-state index in [0.717, 1.165) is 5.69 Å². The first-order valence-corrected chi connectivity index (χ1v) is 5.32. The molecule has 0 fully saturated rings. The van der Waals surface area contributed by atoms with Gasteiger partial charge in [-0.25, -0.2) is 4.98 Å². The predicted molar refractivity (Wildman–Crippen MR) is 64.2 cm³/mol. The predicted octanol–water partition coefficient (Wildman–Crippen LogP) is 1.77. The normalized spacial score (nSPS) is 9.89. The summed E-state index contributed by atoms with van der Waals surface area (Å²) in [6.45, 7) is 2.13. The van der Waals surface area contributed by atoms with Crippen molar-refractivity contribution in [2.45, 2.75) is 13.5 Å². The minimum Gasteiger partial charge on any atom is -0.363 e. The van der Waals surface area contributed by atoms with Crippen LogP contribution in [0.4, 0.5) is 11.5 Å². The SMILES string of the molecule is Cc1cc(CNc2ccc([N+](=O)[O-])c(C#N)n2)on1. The molecule has 0 saturated carbocycles. The summed E-state index contributed by atoms with van der Waals surface area (Å²) >= 11 is 0. The van der Waals surface area contributed by atoms with E-state index in [2.05, 4.69) is 15.5 Å². The molecule has 0 radical (unpaired) electrons. The number of aryl methyl sites for hydroxylation is 1. The Hall–Kier alpha value is -2.95. The van der Waals surface area contributed by atoms with Crippen LogP contribution in [0.5, 0.6) is 0 Å². The summed E-state index contributed by atoms with van der Waals surface area (Å²) in [7, 11) is 0. The quantitative estimate of drug-likeness (QED) is 0.656. The van der Waals surface area contributed by atoms with E-state index in [9.17, 15) is 10.1 Å². The highest BCUT2D eigenvalue weighted by Crippen LogP contribution is 2.18. The maximum atomic E-state index is 10.6. The van der Waals surface area contributed by atoms with Gasteiger partial charge in [-0.15, -0.1) is 0 Å². The van der Waals surface area contributed by atoms with Crippen LogP contribution in [0.25, 0.3) is 0 Å². The molecular formula is C11H9N5O3. The van der Waals surface area contributed by atoms with E-state index in [0.29, 0.717) is 18.1 Å². The Kier molecular flexibility index (Phi) is 3.38. The highest BCUT2D eigenvalue weighted by Gasteiger charge is 2.15. The zero-order valence-corrected chi connectivity index (χ0v) is 9.95. The van der Waals surface area contributed by atoms with Crippen LogP contribution >= 0.6 is 0 Å². The average Bonchev–Trinajstić information content (AvgIpc) is 2.81.